The Morgan fingerprint density at radius 3 is 2.34 bits per heavy atom. The van der Waals surface area contributed by atoms with Gasteiger partial charge in [0.2, 0.25) is 0 Å². The molecule has 0 aromatic heterocycles. The number of urea groups is 1. The average Bonchev–Trinajstić information content (AvgIpc) is 2.91. The molecule has 2 atom stereocenters. The molecule has 0 saturated carbocycles. The van der Waals surface area contributed by atoms with Crippen molar-refractivity contribution >= 4 is 17.9 Å². The van der Waals surface area contributed by atoms with Crippen LogP contribution in [0.15, 0.2) is 65.9 Å². The number of nitrogens with zero attached hydrogens (tertiary/aromatic N) is 3. The lowest BCUT2D eigenvalue weighted by Gasteiger charge is -2.42. The number of benzene rings is 2. The number of carbonyl (C=O) groups is 3. The lowest BCUT2D eigenvalue weighted by atomic mass is 9.92. The maximum absolute atomic E-state index is 13.3. The van der Waals surface area contributed by atoms with Crippen LogP contribution in [0, 0.1) is 0 Å². The van der Waals surface area contributed by atoms with Crippen molar-refractivity contribution in [3.05, 3.63) is 82.6 Å². The van der Waals surface area contributed by atoms with E-state index in [1.807, 2.05) is 66.4 Å². The second kappa shape index (κ2) is 11.8. The zero-order chi connectivity index (χ0) is 27.4. The van der Waals surface area contributed by atoms with Gasteiger partial charge in [0, 0.05) is 50.5 Å². The summed E-state index contributed by atoms with van der Waals surface area (Å²) in [5.74, 6) is -0.0392. The summed E-state index contributed by atoms with van der Waals surface area (Å²) < 4.78 is 5.47. The predicted octanol–water partition coefficient (Wildman–Crippen LogP) is 4.17. The Hall–Kier alpha value is -3.65. The maximum Gasteiger partial charge on any atom is 0.338 e. The van der Waals surface area contributed by atoms with E-state index in [9.17, 15) is 14.4 Å². The third kappa shape index (κ3) is 5.75. The zero-order valence-electron chi connectivity index (χ0n) is 22.9. The number of hydrogen-bond donors (Lipinski definition) is 1. The van der Waals surface area contributed by atoms with Crippen LogP contribution in [-0.2, 0) is 9.53 Å². The first kappa shape index (κ1) is 27.4. The number of amides is 3. The Balaban J connectivity index is 1.61. The van der Waals surface area contributed by atoms with Crippen molar-refractivity contribution in [1.29, 1.82) is 0 Å². The highest BCUT2D eigenvalue weighted by atomic mass is 16.5. The van der Waals surface area contributed by atoms with Crippen molar-refractivity contribution in [1.82, 2.24) is 20.0 Å². The van der Waals surface area contributed by atoms with E-state index in [2.05, 4.69) is 24.1 Å². The summed E-state index contributed by atoms with van der Waals surface area (Å²) in [6.07, 6.45) is 0. The van der Waals surface area contributed by atoms with E-state index >= 15 is 0 Å². The summed E-state index contributed by atoms with van der Waals surface area (Å²) in [6, 6.07) is 16.4. The van der Waals surface area contributed by atoms with E-state index in [4.69, 9.17) is 4.74 Å². The number of carbonyl (C=O) groups excluding carboxylic acids is 3. The van der Waals surface area contributed by atoms with Gasteiger partial charge in [-0.15, -0.1) is 0 Å². The van der Waals surface area contributed by atoms with Crippen LogP contribution < -0.4 is 5.32 Å². The maximum atomic E-state index is 13.3. The fraction of sp³-hybridized carbons (Fsp3) is 0.433. The molecule has 4 rings (SSSR count). The monoisotopic (exact) mass is 518 g/mol. The normalized spacial score (nSPS) is 20.5. The SMILES string of the molecule is CCOC(=O)C1=C(CN2CCN(C(=O)c3ccccc3)C(C)C2)N(C)C(=O)NC1c1ccc(C(C)C)cc1. The Morgan fingerprint density at radius 2 is 1.74 bits per heavy atom. The van der Waals surface area contributed by atoms with E-state index in [1.165, 1.54) is 10.5 Å². The summed E-state index contributed by atoms with van der Waals surface area (Å²) in [5, 5.41) is 2.99. The lowest BCUT2D eigenvalue weighted by Crippen LogP contribution is -2.56. The van der Waals surface area contributed by atoms with Gasteiger partial charge in [-0.25, -0.2) is 9.59 Å². The van der Waals surface area contributed by atoms with Gasteiger partial charge in [0.15, 0.2) is 0 Å². The molecule has 2 aliphatic rings. The second-order valence-corrected chi connectivity index (χ2v) is 10.3. The minimum atomic E-state index is -0.604. The lowest BCUT2D eigenvalue weighted by molar-refractivity contribution is -0.139. The van der Waals surface area contributed by atoms with Gasteiger partial charge < -0.3 is 15.0 Å². The molecule has 202 valence electrons. The molecule has 2 aromatic rings. The highest BCUT2D eigenvalue weighted by Crippen LogP contribution is 2.32. The Labute approximate surface area is 225 Å². The number of esters is 1. The molecular formula is C30H38N4O4. The van der Waals surface area contributed by atoms with Gasteiger partial charge in [-0.2, -0.15) is 0 Å². The molecule has 2 aliphatic heterocycles. The third-order valence-corrected chi connectivity index (χ3v) is 7.38. The van der Waals surface area contributed by atoms with E-state index in [0.717, 1.165) is 5.56 Å². The summed E-state index contributed by atoms with van der Waals surface area (Å²) in [5.41, 5.74) is 3.77. The molecule has 0 bridgehead atoms. The largest absolute Gasteiger partial charge is 0.463 e. The van der Waals surface area contributed by atoms with Crippen LogP contribution >= 0.6 is 0 Å². The number of hydrogen-bond acceptors (Lipinski definition) is 5. The molecule has 1 saturated heterocycles. The van der Waals surface area contributed by atoms with Gasteiger partial charge >= 0.3 is 12.0 Å². The van der Waals surface area contributed by atoms with Gasteiger partial charge in [-0.05, 0) is 43.0 Å². The van der Waals surface area contributed by atoms with E-state index in [0.29, 0.717) is 48.9 Å². The Kier molecular flexibility index (Phi) is 8.52. The highest BCUT2D eigenvalue weighted by molar-refractivity contribution is 5.95. The van der Waals surface area contributed by atoms with Crippen LogP contribution in [0.1, 0.15) is 61.1 Å². The van der Waals surface area contributed by atoms with E-state index in [1.54, 1.807) is 14.0 Å². The molecule has 2 aromatic carbocycles. The molecule has 0 aliphatic carbocycles. The van der Waals surface area contributed by atoms with Crippen molar-refractivity contribution in [2.24, 2.45) is 0 Å². The molecule has 3 amide bonds. The number of piperazine rings is 1. The van der Waals surface area contributed by atoms with Crippen molar-refractivity contribution in [3.63, 3.8) is 0 Å². The molecule has 1 N–H and O–H groups in total. The molecule has 8 nitrogen and oxygen atoms in total. The minimum absolute atomic E-state index is 0.0169. The minimum Gasteiger partial charge on any atom is -0.463 e. The van der Waals surface area contributed by atoms with Crippen LogP contribution in [0.3, 0.4) is 0 Å². The van der Waals surface area contributed by atoms with Crippen LogP contribution in [0.25, 0.3) is 0 Å². The standard InChI is InChI=1S/C30H38N4O4/c1-6-38-29(36)26-25(32(5)30(37)31-27(26)23-14-12-22(13-15-23)20(2)3)19-33-16-17-34(21(4)18-33)28(35)24-10-8-7-9-11-24/h7-15,20-21,27H,6,16-19H2,1-5H3,(H,31,37). The molecule has 0 radical (unpaired) electrons. The van der Waals surface area contributed by atoms with Crippen LogP contribution in [0.4, 0.5) is 4.79 Å². The van der Waals surface area contributed by atoms with Crippen molar-refractivity contribution in [3.8, 4) is 0 Å². The summed E-state index contributed by atoms with van der Waals surface area (Å²) in [7, 11) is 1.68. The van der Waals surface area contributed by atoms with Crippen molar-refractivity contribution < 1.29 is 19.1 Å². The van der Waals surface area contributed by atoms with Gasteiger partial charge in [-0.1, -0.05) is 56.3 Å². The van der Waals surface area contributed by atoms with Crippen LogP contribution in [0.2, 0.25) is 0 Å². The number of rotatable bonds is 7. The predicted molar refractivity (Wildman–Crippen MR) is 147 cm³/mol. The average molecular weight is 519 g/mol. The quantitative estimate of drug-likeness (QED) is 0.557. The molecule has 38 heavy (non-hydrogen) atoms. The van der Waals surface area contributed by atoms with Crippen molar-refractivity contribution in [2.75, 3.05) is 39.8 Å². The fourth-order valence-corrected chi connectivity index (χ4v) is 5.16. The molecule has 8 heteroatoms. The summed E-state index contributed by atoms with van der Waals surface area (Å²) in [6.45, 7) is 10.5. The fourth-order valence-electron chi connectivity index (χ4n) is 5.16. The van der Waals surface area contributed by atoms with Gasteiger partial charge in [0.25, 0.3) is 5.91 Å². The van der Waals surface area contributed by atoms with Gasteiger partial charge in [0.1, 0.15) is 0 Å². The highest BCUT2D eigenvalue weighted by Gasteiger charge is 2.38. The number of nitrogens with one attached hydrogen (secondary N) is 1. The number of ether oxygens (including phenoxy) is 1. The van der Waals surface area contributed by atoms with E-state index < -0.39 is 12.0 Å². The van der Waals surface area contributed by atoms with E-state index in [-0.39, 0.29) is 24.6 Å². The second-order valence-electron chi connectivity index (χ2n) is 10.3. The first-order chi connectivity index (χ1) is 18.2. The Morgan fingerprint density at radius 1 is 1.05 bits per heavy atom. The molecular weight excluding hydrogens is 480 g/mol. The molecule has 0 spiro atoms. The zero-order valence-corrected chi connectivity index (χ0v) is 22.9. The van der Waals surface area contributed by atoms with Gasteiger partial charge in [0.05, 0.1) is 18.2 Å². The molecule has 2 heterocycles. The first-order valence-electron chi connectivity index (χ1n) is 13.3. The van der Waals surface area contributed by atoms with Crippen molar-refractivity contribution in [2.45, 2.75) is 45.7 Å². The van der Waals surface area contributed by atoms with Gasteiger partial charge in [-0.3, -0.25) is 14.6 Å². The van der Waals surface area contributed by atoms with Crippen LogP contribution in [0.5, 0.6) is 0 Å². The summed E-state index contributed by atoms with van der Waals surface area (Å²) >= 11 is 0. The topological polar surface area (TPSA) is 82.2 Å². The smallest absolute Gasteiger partial charge is 0.338 e. The molecule has 1 fully saturated rings. The molecule has 2 unspecified atom stereocenters. The first-order valence-corrected chi connectivity index (χ1v) is 13.3. The number of likely N-dealkylation sites (N-methyl/N-ethyl adjacent to an activating group) is 1. The van der Waals surface area contributed by atoms with Crippen LogP contribution in [-0.4, -0.2) is 78.5 Å². The summed E-state index contributed by atoms with van der Waals surface area (Å²) in [4.78, 5) is 45.0. The third-order valence-electron chi connectivity index (χ3n) is 7.38. The Bertz CT molecular complexity index is 1190.